The van der Waals surface area contributed by atoms with Gasteiger partial charge in [-0.15, -0.1) is 0 Å². The molecule has 1 amide bonds. The second kappa shape index (κ2) is 2.32. The van der Waals surface area contributed by atoms with Crippen LogP contribution in [0.15, 0.2) is 16.5 Å². The molecule has 9 heavy (non-hydrogen) atoms. The average Bonchev–Trinajstić information content (AvgIpc) is 2.37. The van der Waals surface area contributed by atoms with Crippen molar-refractivity contribution in [1.29, 1.82) is 0 Å². The molecular weight excluding hydrogens is 122 g/mol. The number of nitrogens with one attached hydrogen (secondary N) is 1. The molecule has 0 aliphatic carbocycles. The fraction of sp³-hybridized carbons (Fsp3) is 0. The highest BCUT2D eigenvalue weighted by atomic mass is 16.5. The van der Waals surface area contributed by atoms with Crippen LogP contribution in [0, 0.1) is 6.26 Å². The molecule has 0 spiro atoms. The predicted molar refractivity (Wildman–Crippen MR) is 26.8 cm³/mol. The first-order chi connectivity index (χ1) is 4.34. The molecule has 47 valence electrons. The van der Waals surface area contributed by atoms with Crippen LogP contribution in [0.1, 0.15) is 10.6 Å². The smallest absolute Gasteiger partial charge is 0.310 e. The summed E-state index contributed by atoms with van der Waals surface area (Å²) >= 11 is 0. The number of carbonyl (C=O) groups excluding carboxylic acids is 1. The molecule has 0 aliphatic rings. The lowest BCUT2D eigenvalue weighted by molar-refractivity contribution is 0.0675. The van der Waals surface area contributed by atoms with Gasteiger partial charge in [0.15, 0.2) is 12.0 Å². The molecule has 1 aromatic rings. The number of carbonyl (C=O) groups is 1. The zero-order chi connectivity index (χ0) is 6.69. The Kier molecular flexibility index (Phi) is 1.51. The van der Waals surface area contributed by atoms with Crippen molar-refractivity contribution >= 4 is 5.91 Å². The van der Waals surface area contributed by atoms with Crippen LogP contribution in [0.4, 0.5) is 0 Å². The maximum absolute atomic E-state index is 10.4. The molecule has 1 aromatic heterocycles. The van der Waals surface area contributed by atoms with Gasteiger partial charge < -0.3 is 4.42 Å². The van der Waals surface area contributed by atoms with Crippen LogP contribution >= 0.6 is 0 Å². The minimum atomic E-state index is -0.670. The van der Waals surface area contributed by atoms with E-state index < -0.39 is 5.91 Å². The largest absolute Gasteiger partial charge is 0.448 e. The van der Waals surface area contributed by atoms with Crippen LogP contribution in [-0.4, -0.2) is 11.1 Å². The van der Waals surface area contributed by atoms with Gasteiger partial charge in [-0.1, -0.05) is 0 Å². The van der Waals surface area contributed by atoms with E-state index in [1.807, 2.05) is 0 Å². The molecule has 0 unspecified atom stereocenters. The molecule has 1 rings (SSSR count). The fourth-order valence-corrected chi connectivity index (χ4v) is 0.418. The first kappa shape index (κ1) is 5.84. The van der Waals surface area contributed by atoms with Crippen LogP contribution in [0.5, 0.6) is 0 Å². The molecule has 0 fully saturated rings. The van der Waals surface area contributed by atoms with E-state index in [1.165, 1.54) is 17.6 Å². The minimum absolute atomic E-state index is 0.0394. The molecule has 0 aromatic carbocycles. The highest BCUT2D eigenvalue weighted by molar-refractivity contribution is 5.90. The van der Waals surface area contributed by atoms with E-state index in [0.717, 1.165) is 0 Å². The van der Waals surface area contributed by atoms with Crippen molar-refractivity contribution in [2.24, 2.45) is 0 Å². The maximum Gasteiger partial charge on any atom is 0.310 e. The molecule has 4 nitrogen and oxygen atoms in total. The summed E-state index contributed by atoms with van der Waals surface area (Å²) in [6.07, 6.45) is 2.30. The zero-order valence-corrected chi connectivity index (χ0v) is 4.42. The van der Waals surface area contributed by atoms with Crippen molar-refractivity contribution < 1.29 is 14.4 Å². The SMILES string of the molecule is O=C(NO)c1cc[c]o1. The summed E-state index contributed by atoms with van der Waals surface area (Å²) in [6, 6.07) is 2.83. The van der Waals surface area contributed by atoms with Crippen molar-refractivity contribution in [3.63, 3.8) is 0 Å². The quantitative estimate of drug-likeness (QED) is 0.417. The van der Waals surface area contributed by atoms with Gasteiger partial charge in [0.2, 0.25) is 0 Å². The summed E-state index contributed by atoms with van der Waals surface area (Å²) in [4.78, 5) is 10.4. The molecule has 1 radical (unpaired) electrons. The van der Waals surface area contributed by atoms with Crippen LogP contribution in [0.3, 0.4) is 0 Å². The Morgan fingerprint density at radius 2 is 2.67 bits per heavy atom. The van der Waals surface area contributed by atoms with Crippen LogP contribution < -0.4 is 5.48 Å². The Hall–Kier alpha value is -1.29. The third kappa shape index (κ3) is 1.09. The van der Waals surface area contributed by atoms with Gasteiger partial charge in [0.05, 0.1) is 0 Å². The number of hydroxylamine groups is 1. The van der Waals surface area contributed by atoms with Gasteiger partial charge in [0.1, 0.15) is 0 Å². The van der Waals surface area contributed by atoms with E-state index in [1.54, 1.807) is 0 Å². The molecule has 0 atom stereocenters. The Balaban J connectivity index is 2.77. The van der Waals surface area contributed by atoms with Gasteiger partial charge in [0.25, 0.3) is 0 Å². The van der Waals surface area contributed by atoms with Crippen LogP contribution in [0.25, 0.3) is 0 Å². The van der Waals surface area contributed by atoms with Gasteiger partial charge in [-0.2, -0.15) is 0 Å². The molecule has 2 N–H and O–H groups in total. The zero-order valence-electron chi connectivity index (χ0n) is 4.42. The van der Waals surface area contributed by atoms with Crippen molar-refractivity contribution in [2.75, 3.05) is 0 Å². The minimum Gasteiger partial charge on any atom is -0.448 e. The Morgan fingerprint density at radius 1 is 1.89 bits per heavy atom. The van der Waals surface area contributed by atoms with E-state index in [4.69, 9.17) is 5.21 Å². The summed E-state index contributed by atoms with van der Waals surface area (Å²) in [5.41, 5.74) is 1.41. The first-order valence-electron chi connectivity index (χ1n) is 2.25. The standard InChI is InChI=1S/C5H4NO3/c7-5(6-8)4-2-1-3-9-4/h1-2,8H,(H,6,7). The van der Waals surface area contributed by atoms with E-state index >= 15 is 0 Å². The third-order valence-electron chi connectivity index (χ3n) is 0.797. The molecule has 0 bridgehead atoms. The summed E-state index contributed by atoms with van der Waals surface area (Å²) in [7, 11) is 0. The lowest BCUT2D eigenvalue weighted by atomic mass is 10.4. The number of rotatable bonds is 1. The Bertz CT molecular complexity index is 192. The molecule has 0 aliphatic heterocycles. The lowest BCUT2D eigenvalue weighted by Gasteiger charge is -1.88. The summed E-state index contributed by atoms with van der Waals surface area (Å²) in [5.74, 6) is -0.631. The summed E-state index contributed by atoms with van der Waals surface area (Å²) in [5, 5.41) is 8.03. The van der Waals surface area contributed by atoms with E-state index in [0.29, 0.717) is 0 Å². The number of hydrogen-bond donors (Lipinski definition) is 2. The van der Waals surface area contributed by atoms with Gasteiger partial charge >= 0.3 is 5.91 Å². The van der Waals surface area contributed by atoms with Gasteiger partial charge in [0, 0.05) is 0 Å². The molecule has 4 heteroatoms. The summed E-state index contributed by atoms with van der Waals surface area (Å²) in [6.45, 7) is 0. The molecular formula is C5H4NO3. The van der Waals surface area contributed by atoms with E-state index in [2.05, 4.69) is 10.7 Å². The van der Waals surface area contributed by atoms with Crippen molar-refractivity contribution in [2.45, 2.75) is 0 Å². The van der Waals surface area contributed by atoms with Crippen molar-refractivity contribution in [3.05, 3.63) is 24.2 Å². The number of furan rings is 1. The molecule has 0 saturated heterocycles. The van der Waals surface area contributed by atoms with Gasteiger partial charge in [-0.3, -0.25) is 10.0 Å². The fourth-order valence-electron chi connectivity index (χ4n) is 0.418. The average molecular weight is 126 g/mol. The van der Waals surface area contributed by atoms with Crippen molar-refractivity contribution in [3.8, 4) is 0 Å². The van der Waals surface area contributed by atoms with E-state index in [9.17, 15) is 4.79 Å². The third-order valence-corrected chi connectivity index (χ3v) is 0.797. The monoisotopic (exact) mass is 126 g/mol. The molecule has 0 saturated carbocycles. The second-order valence-corrected chi connectivity index (χ2v) is 1.36. The first-order valence-corrected chi connectivity index (χ1v) is 2.25. The van der Waals surface area contributed by atoms with Gasteiger partial charge in [-0.05, 0) is 12.1 Å². The topological polar surface area (TPSA) is 62.5 Å². The highest BCUT2D eigenvalue weighted by Gasteiger charge is 2.04. The normalized spacial score (nSPS) is 9.00. The Morgan fingerprint density at radius 3 is 3.11 bits per heavy atom. The number of hydrogen-bond acceptors (Lipinski definition) is 3. The predicted octanol–water partition coefficient (Wildman–Crippen LogP) is 0.199. The summed E-state index contributed by atoms with van der Waals surface area (Å²) < 4.78 is 4.49. The van der Waals surface area contributed by atoms with Crippen molar-refractivity contribution in [1.82, 2.24) is 5.48 Å². The van der Waals surface area contributed by atoms with Crippen LogP contribution in [0.2, 0.25) is 0 Å². The Labute approximate surface area is 51.1 Å². The van der Waals surface area contributed by atoms with Gasteiger partial charge in [-0.25, -0.2) is 5.48 Å². The van der Waals surface area contributed by atoms with E-state index in [-0.39, 0.29) is 5.76 Å². The molecule has 1 heterocycles. The number of amides is 1. The lowest BCUT2D eigenvalue weighted by Crippen LogP contribution is -2.17. The van der Waals surface area contributed by atoms with Crippen LogP contribution in [-0.2, 0) is 0 Å². The maximum atomic E-state index is 10.4. The highest BCUT2D eigenvalue weighted by Crippen LogP contribution is 1.96. The second-order valence-electron chi connectivity index (χ2n) is 1.36.